The van der Waals surface area contributed by atoms with Gasteiger partial charge in [0.05, 0.1) is 4.90 Å². The molecule has 1 heterocycles. The molecule has 4 nitrogen and oxygen atoms in total. The Morgan fingerprint density at radius 3 is 2.16 bits per heavy atom. The van der Waals surface area contributed by atoms with E-state index in [2.05, 4.69) is 0 Å². The number of anilines is 1. The summed E-state index contributed by atoms with van der Waals surface area (Å²) in [5, 5.41) is 0. The Kier molecular flexibility index (Phi) is 4.16. The summed E-state index contributed by atoms with van der Waals surface area (Å²) >= 11 is 0. The average Bonchev–Trinajstić information content (AvgIpc) is 2.64. The van der Waals surface area contributed by atoms with Gasteiger partial charge in [-0.15, -0.1) is 0 Å². The highest BCUT2D eigenvalue weighted by Gasteiger charge is 2.25. The molecule has 1 aromatic carbocycles. The second-order valence-corrected chi connectivity index (χ2v) is 7.21. The van der Waals surface area contributed by atoms with Crippen LogP contribution in [0.25, 0.3) is 0 Å². The molecule has 2 rings (SSSR count). The Morgan fingerprint density at radius 2 is 1.63 bits per heavy atom. The molecule has 1 aliphatic heterocycles. The molecule has 0 spiro atoms. The van der Waals surface area contributed by atoms with Crippen LogP contribution in [0.4, 0.5) is 5.69 Å². The van der Waals surface area contributed by atoms with Crippen LogP contribution in [0, 0.1) is 13.8 Å². The van der Waals surface area contributed by atoms with Crippen LogP contribution in [-0.2, 0) is 10.0 Å². The van der Waals surface area contributed by atoms with Crippen LogP contribution in [0.15, 0.2) is 17.0 Å². The fourth-order valence-electron chi connectivity index (χ4n) is 2.43. The molecule has 0 aliphatic carbocycles. The van der Waals surface area contributed by atoms with Crippen molar-refractivity contribution in [2.75, 3.05) is 18.8 Å². The third-order valence-electron chi connectivity index (χ3n) is 3.88. The van der Waals surface area contributed by atoms with Crippen LogP contribution >= 0.6 is 0 Å². The van der Waals surface area contributed by atoms with Gasteiger partial charge < -0.3 is 5.73 Å². The summed E-state index contributed by atoms with van der Waals surface area (Å²) in [4.78, 5) is 0.329. The summed E-state index contributed by atoms with van der Waals surface area (Å²) in [5.41, 5.74) is 8.32. The van der Waals surface area contributed by atoms with Gasteiger partial charge >= 0.3 is 0 Å². The molecule has 5 heteroatoms. The lowest BCUT2D eigenvalue weighted by atomic mass is 10.1. The predicted molar refractivity (Wildman–Crippen MR) is 77.6 cm³/mol. The van der Waals surface area contributed by atoms with Crippen molar-refractivity contribution in [2.24, 2.45) is 0 Å². The molecule has 1 saturated heterocycles. The van der Waals surface area contributed by atoms with Crippen molar-refractivity contribution in [1.29, 1.82) is 0 Å². The van der Waals surface area contributed by atoms with Gasteiger partial charge in [-0.3, -0.25) is 0 Å². The molecular formula is C14H22N2O2S. The first-order valence-electron chi connectivity index (χ1n) is 6.80. The fraction of sp³-hybridized carbons (Fsp3) is 0.571. The van der Waals surface area contributed by atoms with Gasteiger partial charge in [0.2, 0.25) is 10.0 Å². The van der Waals surface area contributed by atoms with Gasteiger partial charge in [0.15, 0.2) is 0 Å². The normalized spacial score (nSPS) is 18.2. The molecule has 0 amide bonds. The number of nitrogens with zero attached hydrogens (tertiary/aromatic N) is 1. The molecule has 0 saturated carbocycles. The van der Waals surface area contributed by atoms with Crippen LogP contribution in [0.2, 0.25) is 0 Å². The van der Waals surface area contributed by atoms with E-state index in [0.29, 0.717) is 23.7 Å². The number of hydrogen-bond acceptors (Lipinski definition) is 3. The smallest absolute Gasteiger partial charge is 0.243 e. The summed E-state index contributed by atoms with van der Waals surface area (Å²) in [6, 6.07) is 3.31. The van der Waals surface area contributed by atoms with Crippen LogP contribution in [0.5, 0.6) is 0 Å². The molecule has 0 unspecified atom stereocenters. The fourth-order valence-corrected chi connectivity index (χ4v) is 4.07. The first kappa shape index (κ1) is 14.3. The van der Waals surface area contributed by atoms with Gasteiger partial charge in [-0.05, 0) is 49.9 Å². The topological polar surface area (TPSA) is 63.4 Å². The van der Waals surface area contributed by atoms with E-state index in [1.54, 1.807) is 16.4 Å². The van der Waals surface area contributed by atoms with Crippen molar-refractivity contribution in [3.8, 4) is 0 Å². The Labute approximate surface area is 115 Å². The molecule has 2 N–H and O–H groups in total. The number of nitrogens with two attached hydrogens (primary N) is 1. The summed E-state index contributed by atoms with van der Waals surface area (Å²) < 4.78 is 26.9. The molecule has 1 aromatic rings. The summed E-state index contributed by atoms with van der Waals surface area (Å²) in [7, 11) is -3.39. The van der Waals surface area contributed by atoms with Gasteiger partial charge in [-0.2, -0.15) is 4.31 Å². The highest BCUT2D eigenvalue weighted by atomic mass is 32.2. The Morgan fingerprint density at radius 1 is 1.05 bits per heavy atom. The van der Waals surface area contributed by atoms with Crippen LogP contribution < -0.4 is 5.73 Å². The second kappa shape index (κ2) is 5.51. The Balaban J connectivity index is 2.38. The lowest BCUT2D eigenvalue weighted by molar-refractivity contribution is 0.423. The van der Waals surface area contributed by atoms with Crippen molar-refractivity contribution < 1.29 is 8.42 Å². The summed E-state index contributed by atoms with van der Waals surface area (Å²) in [6.07, 6.45) is 4.11. The SMILES string of the molecule is Cc1cc(S(=O)(=O)N2CCCCCC2)cc(N)c1C. The number of rotatable bonds is 2. The van der Waals surface area contributed by atoms with E-state index < -0.39 is 10.0 Å². The van der Waals surface area contributed by atoms with E-state index in [4.69, 9.17) is 5.73 Å². The minimum atomic E-state index is -3.39. The lowest BCUT2D eigenvalue weighted by Crippen LogP contribution is -2.32. The molecule has 0 bridgehead atoms. The third kappa shape index (κ3) is 2.92. The van der Waals surface area contributed by atoms with Gasteiger partial charge in [0.25, 0.3) is 0 Å². The number of nitrogen functional groups attached to an aromatic ring is 1. The van der Waals surface area contributed by atoms with Crippen molar-refractivity contribution in [3.05, 3.63) is 23.3 Å². The van der Waals surface area contributed by atoms with Crippen molar-refractivity contribution in [3.63, 3.8) is 0 Å². The zero-order valence-corrected chi connectivity index (χ0v) is 12.5. The van der Waals surface area contributed by atoms with Gasteiger partial charge in [0, 0.05) is 18.8 Å². The molecule has 0 atom stereocenters. The zero-order valence-electron chi connectivity index (χ0n) is 11.6. The molecule has 0 aromatic heterocycles. The van der Waals surface area contributed by atoms with Gasteiger partial charge in [-0.25, -0.2) is 8.42 Å². The molecule has 106 valence electrons. The highest BCUT2D eigenvalue weighted by Crippen LogP contribution is 2.25. The standard InChI is InChI=1S/C14H22N2O2S/c1-11-9-13(10-14(15)12(11)2)19(17,18)16-7-5-3-4-6-8-16/h9-10H,3-8,15H2,1-2H3. The number of benzene rings is 1. The number of hydrogen-bond donors (Lipinski definition) is 1. The lowest BCUT2D eigenvalue weighted by Gasteiger charge is -2.21. The van der Waals surface area contributed by atoms with Crippen molar-refractivity contribution in [2.45, 2.75) is 44.4 Å². The zero-order chi connectivity index (χ0) is 14.0. The maximum absolute atomic E-state index is 12.6. The maximum Gasteiger partial charge on any atom is 0.243 e. The van der Waals surface area contributed by atoms with Crippen LogP contribution in [0.1, 0.15) is 36.8 Å². The highest BCUT2D eigenvalue weighted by molar-refractivity contribution is 7.89. The third-order valence-corrected chi connectivity index (χ3v) is 5.76. The number of aryl methyl sites for hydroxylation is 1. The van der Waals surface area contributed by atoms with E-state index >= 15 is 0 Å². The molecule has 1 aliphatic rings. The largest absolute Gasteiger partial charge is 0.398 e. The molecular weight excluding hydrogens is 260 g/mol. The first-order valence-corrected chi connectivity index (χ1v) is 8.24. The average molecular weight is 282 g/mol. The maximum atomic E-state index is 12.6. The van der Waals surface area contributed by atoms with E-state index in [9.17, 15) is 8.42 Å². The Bertz CT molecular complexity index is 536. The van der Waals surface area contributed by atoms with Crippen molar-refractivity contribution >= 4 is 15.7 Å². The molecule has 0 radical (unpaired) electrons. The minimum absolute atomic E-state index is 0.329. The second-order valence-electron chi connectivity index (χ2n) is 5.27. The monoisotopic (exact) mass is 282 g/mol. The van der Waals surface area contributed by atoms with Gasteiger partial charge in [-0.1, -0.05) is 12.8 Å². The van der Waals surface area contributed by atoms with E-state index in [0.717, 1.165) is 36.8 Å². The van der Waals surface area contributed by atoms with Crippen LogP contribution in [0.3, 0.4) is 0 Å². The summed E-state index contributed by atoms with van der Waals surface area (Å²) in [6.45, 7) is 5.05. The van der Waals surface area contributed by atoms with Gasteiger partial charge in [0.1, 0.15) is 0 Å². The predicted octanol–water partition coefficient (Wildman–Crippen LogP) is 2.45. The molecule has 1 fully saturated rings. The minimum Gasteiger partial charge on any atom is -0.398 e. The number of sulfonamides is 1. The first-order chi connectivity index (χ1) is 8.93. The van der Waals surface area contributed by atoms with E-state index in [1.165, 1.54) is 0 Å². The van der Waals surface area contributed by atoms with Crippen molar-refractivity contribution in [1.82, 2.24) is 4.31 Å². The van der Waals surface area contributed by atoms with E-state index in [-0.39, 0.29) is 0 Å². The van der Waals surface area contributed by atoms with E-state index in [1.807, 2.05) is 13.8 Å². The van der Waals surface area contributed by atoms with Crippen LogP contribution in [-0.4, -0.2) is 25.8 Å². The Hall–Kier alpha value is -1.07. The summed E-state index contributed by atoms with van der Waals surface area (Å²) in [5.74, 6) is 0. The quantitative estimate of drug-likeness (QED) is 0.847. The molecule has 19 heavy (non-hydrogen) atoms.